The van der Waals surface area contributed by atoms with Crippen LogP contribution in [0.5, 0.6) is 0 Å². The van der Waals surface area contributed by atoms with Crippen LogP contribution in [0.3, 0.4) is 0 Å². The second-order valence-corrected chi connectivity index (χ2v) is 6.53. The number of carbonyl (C=O) groups excluding carboxylic acids is 2. The lowest BCUT2D eigenvalue weighted by Crippen LogP contribution is -2.20. The number of halogens is 2. The van der Waals surface area contributed by atoms with Gasteiger partial charge in [0.1, 0.15) is 0 Å². The van der Waals surface area contributed by atoms with Gasteiger partial charge in [0.25, 0.3) is 0 Å². The number of para-hydroxylation sites is 1. The van der Waals surface area contributed by atoms with E-state index in [1.165, 1.54) is 0 Å². The Balaban J connectivity index is 1.59. The van der Waals surface area contributed by atoms with Gasteiger partial charge in [-0.3, -0.25) is 9.59 Å². The van der Waals surface area contributed by atoms with E-state index in [9.17, 15) is 9.59 Å². The number of benzene rings is 2. The second kappa shape index (κ2) is 7.14. The first-order chi connectivity index (χ1) is 12.0. The predicted octanol–water partition coefficient (Wildman–Crippen LogP) is 4.08. The highest BCUT2D eigenvalue weighted by Crippen LogP contribution is 2.41. The van der Waals surface area contributed by atoms with Gasteiger partial charge in [0, 0.05) is 5.69 Å². The van der Waals surface area contributed by atoms with Crippen molar-refractivity contribution in [2.24, 2.45) is 11.8 Å². The van der Waals surface area contributed by atoms with Gasteiger partial charge >= 0.3 is 0 Å². The maximum Gasteiger partial charge on any atom is 0.228 e. The molecule has 2 atom stereocenters. The van der Waals surface area contributed by atoms with E-state index in [1.807, 2.05) is 6.07 Å². The molecule has 3 rings (SSSR count). The van der Waals surface area contributed by atoms with E-state index < -0.39 is 11.8 Å². The van der Waals surface area contributed by atoms with Crippen molar-refractivity contribution in [3.8, 4) is 6.07 Å². The Labute approximate surface area is 154 Å². The molecule has 5 nitrogen and oxygen atoms in total. The van der Waals surface area contributed by atoms with E-state index in [-0.39, 0.29) is 11.8 Å². The van der Waals surface area contributed by atoms with E-state index in [4.69, 9.17) is 28.5 Å². The summed E-state index contributed by atoms with van der Waals surface area (Å²) < 4.78 is 0. The maximum absolute atomic E-state index is 12.3. The molecule has 0 heterocycles. The summed E-state index contributed by atoms with van der Waals surface area (Å²) in [5.41, 5.74) is 1.46. The number of hydrogen-bond acceptors (Lipinski definition) is 3. The summed E-state index contributed by atoms with van der Waals surface area (Å²) in [5, 5.41) is 14.9. The average molecular weight is 374 g/mol. The Morgan fingerprint density at radius 3 is 2.08 bits per heavy atom. The first-order valence-corrected chi connectivity index (χ1v) is 8.31. The standard InChI is InChI=1S/C18H13Cl2N3O2/c19-14-2-1-3-15(20)16(14)23-18(25)13-8-12(13)17(24)22-11-6-4-10(9-21)5-7-11/h1-7,12-13H,8H2,(H,22,24)(H,23,25). The van der Waals surface area contributed by atoms with E-state index in [0.29, 0.717) is 33.4 Å². The molecule has 1 fully saturated rings. The molecule has 0 saturated heterocycles. The zero-order valence-electron chi connectivity index (χ0n) is 12.9. The van der Waals surface area contributed by atoms with Crippen molar-refractivity contribution in [1.29, 1.82) is 5.26 Å². The minimum Gasteiger partial charge on any atom is -0.326 e. The van der Waals surface area contributed by atoms with Crippen molar-refractivity contribution >= 4 is 46.4 Å². The normalized spacial score (nSPS) is 18.1. The zero-order chi connectivity index (χ0) is 18.0. The van der Waals surface area contributed by atoms with Gasteiger partial charge in [0.15, 0.2) is 0 Å². The van der Waals surface area contributed by atoms with Gasteiger partial charge in [-0.1, -0.05) is 29.3 Å². The summed E-state index contributed by atoms with van der Waals surface area (Å²) in [5.74, 6) is -1.31. The number of hydrogen-bond donors (Lipinski definition) is 2. The summed E-state index contributed by atoms with van der Waals surface area (Å²) in [6.07, 6.45) is 0.468. The van der Waals surface area contributed by atoms with Crippen molar-refractivity contribution in [3.05, 3.63) is 58.1 Å². The molecule has 0 radical (unpaired) electrons. The molecular weight excluding hydrogens is 361 g/mol. The van der Waals surface area contributed by atoms with Crippen LogP contribution in [-0.4, -0.2) is 11.8 Å². The third kappa shape index (κ3) is 3.93. The fourth-order valence-electron chi connectivity index (χ4n) is 2.47. The van der Waals surface area contributed by atoms with Gasteiger partial charge in [0.2, 0.25) is 11.8 Å². The molecule has 0 spiro atoms. The van der Waals surface area contributed by atoms with Crippen LogP contribution < -0.4 is 10.6 Å². The topological polar surface area (TPSA) is 82.0 Å². The molecular formula is C18H13Cl2N3O2. The molecule has 126 valence electrons. The molecule has 1 saturated carbocycles. The Bertz CT molecular complexity index is 855. The number of nitrogens with zero attached hydrogens (tertiary/aromatic N) is 1. The highest BCUT2D eigenvalue weighted by molar-refractivity contribution is 6.39. The molecule has 2 N–H and O–H groups in total. The molecule has 2 unspecified atom stereocenters. The lowest BCUT2D eigenvalue weighted by atomic mass is 10.2. The Morgan fingerprint density at radius 1 is 0.960 bits per heavy atom. The Kier molecular flexibility index (Phi) is 4.93. The smallest absolute Gasteiger partial charge is 0.228 e. The molecule has 0 aliphatic heterocycles. The zero-order valence-corrected chi connectivity index (χ0v) is 14.4. The molecule has 0 aromatic heterocycles. The summed E-state index contributed by atoms with van der Waals surface area (Å²) in [7, 11) is 0. The van der Waals surface area contributed by atoms with Crippen molar-refractivity contribution < 1.29 is 9.59 Å². The molecule has 2 aromatic rings. The van der Waals surface area contributed by atoms with Crippen LogP contribution in [0.15, 0.2) is 42.5 Å². The minimum atomic E-state index is -0.411. The van der Waals surface area contributed by atoms with Gasteiger partial charge in [-0.25, -0.2) is 0 Å². The SMILES string of the molecule is N#Cc1ccc(NC(=O)C2CC2C(=O)Nc2c(Cl)cccc2Cl)cc1. The maximum atomic E-state index is 12.3. The fraction of sp³-hybridized carbons (Fsp3) is 0.167. The minimum absolute atomic E-state index is 0.227. The van der Waals surface area contributed by atoms with Crippen molar-refractivity contribution in [3.63, 3.8) is 0 Å². The molecule has 1 aliphatic rings. The van der Waals surface area contributed by atoms with Crippen LogP contribution in [0.4, 0.5) is 11.4 Å². The van der Waals surface area contributed by atoms with Crippen molar-refractivity contribution in [2.75, 3.05) is 10.6 Å². The first kappa shape index (κ1) is 17.3. The summed E-state index contributed by atoms with van der Waals surface area (Å²) in [4.78, 5) is 24.5. The number of amides is 2. The van der Waals surface area contributed by atoms with Crippen LogP contribution in [0.2, 0.25) is 10.0 Å². The number of rotatable bonds is 4. The number of nitrogens with one attached hydrogen (secondary N) is 2. The Hall–Kier alpha value is -2.55. The third-order valence-corrected chi connectivity index (χ3v) is 4.59. The molecule has 2 amide bonds. The van der Waals surface area contributed by atoms with Crippen molar-refractivity contribution in [1.82, 2.24) is 0 Å². The van der Waals surface area contributed by atoms with Gasteiger partial charge in [-0.05, 0) is 42.8 Å². The second-order valence-electron chi connectivity index (χ2n) is 5.71. The average Bonchev–Trinajstić information content (AvgIpc) is 3.40. The van der Waals surface area contributed by atoms with Crippen molar-refractivity contribution in [2.45, 2.75) is 6.42 Å². The van der Waals surface area contributed by atoms with E-state index in [2.05, 4.69) is 10.6 Å². The number of nitriles is 1. The van der Waals surface area contributed by atoms with Crippen LogP contribution in [0, 0.1) is 23.2 Å². The van der Waals surface area contributed by atoms with E-state index in [0.717, 1.165) is 0 Å². The van der Waals surface area contributed by atoms with Gasteiger partial charge < -0.3 is 10.6 Å². The summed E-state index contributed by atoms with van der Waals surface area (Å²) >= 11 is 12.1. The van der Waals surface area contributed by atoms with Gasteiger partial charge in [-0.15, -0.1) is 0 Å². The summed E-state index contributed by atoms with van der Waals surface area (Å²) in [6, 6.07) is 13.5. The monoisotopic (exact) mass is 373 g/mol. The first-order valence-electron chi connectivity index (χ1n) is 7.55. The highest BCUT2D eigenvalue weighted by Gasteiger charge is 2.48. The van der Waals surface area contributed by atoms with Gasteiger partial charge in [0.05, 0.1) is 39.2 Å². The predicted molar refractivity (Wildman–Crippen MR) is 96.5 cm³/mol. The molecule has 0 bridgehead atoms. The van der Waals surface area contributed by atoms with Crippen LogP contribution in [0.1, 0.15) is 12.0 Å². The van der Waals surface area contributed by atoms with E-state index >= 15 is 0 Å². The molecule has 1 aliphatic carbocycles. The fourth-order valence-corrected chi connectivity index (χ4v) is 2.96. The van der Waals surface area contributed by atoms with Crippen LogP contribution in [0.25, 0.3) is 0 Å². The van der Waals surface area contributed by atoms with Gasteiger partial charge in [-0.2, -0.15) is 5.26 Å². The molecule has 25 heavy (non-hydrogen) atoms. The Morgan fingerprint density at radius 2 is 1.52 bits per heavy atom. The molecule has 2 aromatic carbocycles. The van der Waals surface area contributed by atoms with Crippen LogP contribution >= 0.6 is 23.2 Å². The molecule has 7 heteroatoms. The summed E-state index contributed by atoms with van der Waals surface area (Å²) in [6.45, 7) is 0. The number of carbonyl (C=O) groups is 2. The van der Waals surface area contributed by atoms with E-state index in [1.54, 1.807) is 42.5 Å². The lowest BCUT2D eigenvalue weighted by Gasteiger charge is -2.09. The van der Waals surface area contributed by atoms with Crippen LogP contribution in [-0.2, 0) is 9.59 Å². The highest BCUT2D eigenvalue weighted by atomic mass is 35.5. The largest absolute Gasteiger partial charge is 0.326 e. The number of anilines is 2. The third-order valence-electron chi connectivity index (χ3n) is 3.96. The quantitative estimate of drug-likeness (QED) is 0.846. The lowest BCUT2D eigenvalue weighted by molar-refractivity contribution is -0.122.